The molecule has 11 heteroatoms. The number of para-hydroxylation sites is 1. The summed E-state index contributed by atoms with van der Waals surface area (Å²) in [4.78, 5) is 23.4. The third-order valence-electron chi connectivity index (χ3n) is 7.19. The average Bonchev–Trinajstić information content (AvgIpc) is 3.71. The Morgan fingerprint density at radius 1 is 1.10 bits per heavy atom. The highest BCUT2D eigenvalue weighted by Gasteiger charge is 2.31. The number of amides is 1. The van der Waals surface area contributed by atoms with Gasteiger partial charge < -0.3 is 15.4 Å². The second-order valence-electron chi connectivity index (χ2n) is 10.0. The first-order chi connectivity index (χ1) is 19.4. The summed E-state index contributed by atoms with van der Waals surface area (Å²) in [7, 11) is 0. The van der Waals surface area contributed by atoms with Crippen LogP contribution >= 0.6 is 0 Å². The van der Waals surface area contributed by atoms with E-state index in [1.54, 1.807) is 39.9 Å². The van der Waals surface area contributed by atoms with Gasteiger partial charge in [-0.05, 0) is 68.0 Å². The molecule has 1 saturated carbocycles. The Hall–Kier alpha value is -4.85. The van der Waals surface area contributed by atoms with Gasteiger partial charge in [-0.3, -0.25) is 4.79 Å². The number of nitrogens with two attached hydrogens (primary N) is 1. The van der Waals surface area contributed by atoms with Gasteiger partial charge in [0.25, 0.3) is 5.91 Å². The molecule has 1 atom stereocenters. The number of rotatable bonds is 6. The molecule has 2 fully saturated rings. The molecule has 1 amide bonds. The fourth-order valence-corrected chi connectivity index (χ4v) is 4.99. The van der Waals surface area contributed by atoms with Crippen molar-refractivity contribution < 1.29 is 18.3 Å². The van der Waals surface area contributed by atoms with Crippen molar-refractivity contribution >= 4 is 22.8 Å². The van der Waals surface area contributed by atoms with E-state index in [0.29, 0.717) is 41.3 Å². The number of carbonyl (C=O) groups is 1. The summed E-state index contributed by atoms with van der Waals surface area (Å²) in [5, 5.41) is 15.0. The van der Waals surface area contributed by atoms with Crippen LogP contribution in [0.5, 0.6) is 11.5 Å². The van der Waals surface area contributed by atoms with Gasteiger partial charge in [-0.1, -0.05) is 12.1 Å². The first-order valence-corrected chi connectivity index (χ1v) is 13.0. The van der Waals surface area contributed by atoms with E-state index >= 15 is 0 Å². The SMILES string of the molecule is N#C/C(=C\C1CC1)C(=O)N1CCC[C@@H](n2nc(-c3ccc(Oc4c(F)cccc4F)cc3)c3c(N)ncnc32)C1. The van der Waals surface area contributed by atoms with Crippen LogP contribution in [-0.4, -0.2) is 43.6 Å². The number of benzene rings is 2. The van der Waals surface area contributed by atoms with Crippen LogP contribution in [0.15, 0.2) is 60.4 Å². The maximum absolute atomic E-state index is 14.0. The Kier molecular flexibility index (Phi) is 6.59. The third kappa shape index (κ3) is 4.84. The van der Waals surface area contributed by atoms with Crippen molar-refractivity contribution in [2.24, 2.45) is 5.92 Å². The van der Waals surface area contributed by atoms with Crippen molar-refractivity contribution in [2.75, 3.05) is 18.8 Å². The average molecular weight is 542 g/mol. The quantitative estimate of drug-likeness (QED) is 0.264. The number of nitriles is 1. The van der Waals surface area contributed by atoms with E-state index in [1.165, 1.54) is 12.4 Å². The molecule has 3 heterocycles. The van der Waals surface area contributed by atoms with Crippen LogP contribution in [0.4, 0.5) is 14.6 Å². The van der Waals surface area contributed by atoms with E-state index in [2.05, 4.69) is 16.0 Å². The molecule has 0 unspecified atom stereocenters. The van der Waals surface area contributed by atoms with Crippen molar-refractivity contribution in [1.82, 2.24) is 24.6 Å². The summed E-state index contributed by atoms with van der Waals surface area (Å²) in [6.07, 6.45) is 6.69. The number of anilines is 1. The van der Waals surface area contributed by atoms with Crippen molar-refractivity contribution in [1.29, 1.82) is 5.26 Å². The largest absolute Gasteiger partial charge is 0.451 e. The minimum Gasteiger partial charge on any atom is -0.451 e. The fraction of sp³-hybridized carbons (Fsp3) is 0.276. The zero-order chi connectivity index (χ0) is 27.8. The molecule has 1 aliphatic heterocycles. The van der Waals surface area contributed by atoms with Crippen molar-refractivity contribution in [3.63, 3.8) is 0 Å². The Bertz CT molecular complexity index is 1650. The summed E-state index contributed by atoms with van der Waals surface area (Å²) < 4.78 is 35.3. The van der Waals surface area contributed by atoms with Crippen LogP contribution in [0.25, 0.3) is 22.3 Å². The van der Waals surface area contributed by atoms with Crippen LogP contribution in [-0.2, 0) is 4.79 Å². The molecule has 1 aliphatic carbocycles. The van der Waals surface area contributed by atoms with Gasteiger partial charge in [0, 0.05) is 18.7 Å². The number of fused-ring (bicyclic) bond motifs is 1. The van der Waals surface area contributed by atoms with Crippen LogP contribution in [0.2, 0.25) is 0 Å². The molecular formula is C29H25F2N7O2. The van der Waals surface area contributed by atoms with Crippen LogP contribution in [0.1, 0.15) is 31.7 Å². The van der Waals surface area contributed by atoms with Gasteiger partial charge in [0.15, 0.2) is 23.0 Å². The second kappa shape index (κ2) is 10.4. The lowest BCUT2D eigenvalue weighted by molar-refractivity contribution is -0.128. The summed E-state index contributed by atoms with van der Waals surface area (Å²) >= 11 is 0. The summed E-state index contributed by atoms with van der Waals surface area (Å²) in [5.41, 5.74) is 8.20. The van der Waals surface area contributed by atoms with Crippen LogP contribution in [0, 0.1) is 28.9 Å². The first-order valence-electron chi connectivity index (χ1n) is 13.0. The number of piperidine rings is 1. The standard InChI is InChI=1S/C29H25F2N7O2/c30-22-4-1-5-23(31)26(22)40-21-10-8-18(9-11-21)25-24-27(33)34-16-35-28(24)38(36-25)20-3-2-12-37(15-20)29(39)19(14-32)13-17-6-7-17/h1,4-5,8-11,13,16-17,20H,2-3,6-7,12,15H2,(H2,33,34,35)/b19-13+/t20-/m1/s1. The Labute approximate surface area is 228 Å². The number of allylic oxidation sites excluding steroid dienone is 1. The van der Waals surface area contributed by atoms with Crippen LogP contribution < -0.4 is 10.5 Å². The molecule has 6 rings (SSSR count). The molecule has 2 aromatic heterocycles. The minimum atomic E-state index is -0.802. The first kappa shape index (κ1) is 25.4. The Morgan fingerprint density at radius 2 is 1.85 bits per heavy atom. The van der Waals surface area contributed by atoms with Gasteiger partial charge >= 0.3 is 0 Å². The maximum Gasteiger partial charge on any atom is 0.264 e. The highest BCUT2D eigenvalue weighted by molar-refractivity contribution is 5.99. The lowest BCUT2D eigenvalue weighted by atomic mass is 10.0. The van der Waals surface area contributed by atoms with Crippen molar-refractivity contribution in [2.45, 2.75) is 31.7 Å². The molecule has 0 radical (unpaired) electrons. The molecule has 9 nitrogen and oxygen atoms in total. The number of aromatic nitrogens is 4. The maximum atomic E-state index is 14.0. The summed E-state index contributed by atoms with van der Waals surface area (Å²) in [6.45, 7) is 0.940. The zero-order valence-corrected chi connectivity index (χ0v) is 21.4. The third-order valence-corrected chi connectivity index (χ3v) is 7.19. The summed E-state index contributed by atoms with van der Waals surface area (Å²) in [6, 6.07) is 12.0. The summed E-state index contributed by atoms with van der Waals surface area (Å²) in [5.74, 6) is -1.53. The van der Waals surface area contributed by atoms with Crippen molar-refractivity contribution in [3.8, 4) is 28.8 Å². The number of nitrogens with zero attached hydrogens (tertiary/aromatic N) is 6. The second-order valence-corrected chi connectivity index (χ2v) is 10.0. The van der Waals surface area contributed by atoms with Crippen LogP contribution in [0.3, 0.4) is 0 Å². The molecule has 202 valence electrons. The molecule has 4 aromatic rings. The predicted molar refractivity (Wildman–Crippen MR) is 143 cm³/mol. The number of nitrogen functional groups attached to an aromatic ring is 1. The van der Waals surface area contributed by atoms with Gasteiger partial charge in [-0.25, -0.2) is 23.4 Å². The number of hydrogen-bond donors (Lipinski definition) is 1. The van der Waals surface area contributed by atoms with Gasteiger partial charge in [-0.15, -0.1) is 0 Å². The zero-order valence-electron chi connectivity index (χ0n) is 21.4. The topological polar surface area (TPSA) is 123 Å². The number of halogens is 2. The predicted octanol–water partition coefficient (Wildman–Crippen LogP) is 5.17. The van der Waals surface area contributed by atoms with E-state index in [-0.39, 0.29) is 29.1 Å². The van der Waals surface area contributed by atoms with E-state index < -0.39 is 17.4 Å². The van der Waals surface area contributed by atoms with E-state index in [0.717, 1.165) is 37.8 Å². The van der Waals surface area contributed by atoms with E-state index in [4.69, 9.17) is 15.6 Å². The fourth-order valence-electron chi connectivity index (χ4n) is 4.99. The molecule has 40 heavy (non-hydrogen) atoms. The Balaban J connectivity index is 1.30. The van der Waals surface area contributed by atoms with Gasteiger partial charge in [0.05, 0.1) is 11.4 Å². The monoisotopic (exact) mass is 541 g/mol. The van der Waals surface area contributed by atoms with Gasteiger partial charge in [0.2, 0.25) is 0 Å². The highest BCUT2D eigenvalue weighted by atomic mass is 19.1. The normalized spacial score (nSPS) is 17.6. The molecule has 0 bridgehead atoms. The van der Waals surface area contributed by atoms with E-state index in [9.17, 15) is 18.8 Å². The molecule has 1 saturated heterocycles. The molecule has 2 aromatic carbocycles. The molecule has 2 N–H and O–H groups in total. The molecule has 0 spiro atoms. The van der Waals surface area contributed by atoms with Gasteiger partial charge in [0.1, 0.15) is 35.2 Å². The molecule has 2 aliphatic rings. The minimum absolute atomic E-state index is 0.184. The Morgan fingerprint density at radius 3 is 2.55 bits per heavy atom. The van der Waals surface area contributed by atoms with Crippen molar-refractivity contribution in [3.05, 3.63) is 72.1 Å². The van der Waals surface area contributed by atoms with E-state index in [1.807, 2.05) is 0 Å². The van der Waals surface area contributed by atoms with Gasteiger partial charge in [-0.2, -0.15) is 10.4 Å². The lowest BCUT2D eigenvalue weighted by Gasteiger charge is -2.32. The number of likely N-dealkylation sites (tertiary alicyclic amines) is 1. The lowest BCUT2D eigenvalue weighted by Crippen LogP contribution is -2.41. The smallest absolute Gasteiger partial charge is 0.264 e. The molecular weight excluding hydrogens is 516 g/mol. The number of hydrogen-bond acceptors (Lipinski definition) is 7. The highest BCUT2D eigenvalue weighted by Crippen LogP contribution is 2.36. The number of carbonyl (C=O) groups excluding carboxylic acids is 1. The number of ether oxygens (including phenoxy) is 1.